The van der Waals surface area contributed by atoms with Crippen LogP contribution < -0.4 is 5.73 Å². The minimum absolute atomic E-state index is 0.175. The highest BCUT2D eigenvalue weighted by Crippen LogP contribution is 2.24. The van der Waals surface area contributed by atoms with Crippen molar-refractivity contribution in [2.75, 3.05) is 6.61 Å². The van der Waals surface area contributed by atoms with Crippen molar-refractivity contribution in [3.05, 3.63) is 4.91 Å². The molecule has 0 aliphatic carbocycles. The predicted octanol–water partition coefficient (Wildman–Crippen LogP) is -0.120. The lowest BCUT2D eigenvalue weighted by atomic mass is 10.3. The molecule has 18 heavy (non-hydrogen) atoms. The molecule has 1 atom stereocenters. The van der Waals surface area contributed by atoms with E-state index in [0.29, 0.717) is 5.71 Å². The Bertz CT molecular complexity index is 458. The Morgan fingerprint density at radius 2 is 2.39 bits per heavy atom. The molecule has 0 saturated heterocycles. The summed E-state index contributed by atoms with van der Waals surface area (Å²) in [5, 5.41) is 10.1. The van der Waals surface area contributed by atoms with Crippen molar-refractivity contribution in [2.24, 2.45) is 20.8 Å². The average Bonchev–Trinajstić information content (AvgIpc) is 2.58. The van der Waals surface area contributed by atoms with Gasteiger partial charge >= 0.3 is 11.0 Å². The monoisotopic (exact) mass is 274 g/mol. The van der Waals surface area contributed by atoms with E-state index in [9.17, 15) is 9.70 Å². The summed E-state index contributed by atoms with van der Waals surface area (Å²) >= 11 is 1.03. The third-order valence-electron chi connectivity index (χ3n) is 1.77. The number of aliphatic imine (C=N–C) groups is 2. The molecule has 1 aliphatic rings. The molecule has 1 rings (SSSR count). The summed E-state index contributed by atoms with van der Waals surface area (Å²) in [7, 11) is 0. The number of hydrogen-bond acceptors (Lipinski definition) is 4. The van der Waals surface area contributed by atoms with Crippen LogP contribution in [-0.2, 0) is 9.53 Å². The van der Waals surface area contributed by atoms with Crippen LogP contribution in [0.3, 0.4) is 0 Å². The number of amidine groups is 1. The molecule has 98 valence electrons. The van der Waals surface area contributed by atoms with Gasteiger partial charge in [0.05, 0.1) is 6.61 Å². The zero-order valence-electron chi connectivity index (χ0n) is 9.73. The summed E-state index contributed by atoms with van der Waals surface area (Å²) < 4.78 is 4.86. The molecule has 1 aliphatic heterocycles. The van der Waals surface area contributed by atoms with Crippen LogP contribution in [0.2, 0.25) is 0 Å². The largest absolute Gasteiger partial charge is 0.465 e. The van der Waals surface area contributed by atoms with E-state index in [1.54, 1.807) is 13.8 Å². The normalized spacial score (nSPS) is 21.9. The quantitative estimate of drug-likeness (QED) is 0.319. The summed E-state index contributed by atoms with van der Waals surface area (Å²) in [4.78, 5) is 29.4. The van der Waals surface area contributed by atoms with Gasteiger partial charge in [-0.15, -0.1) is 0 Å². The standard InChI is InChI=1S/C8H12N5O4S/c1-3-17-6(14)5-4(2)10-8(18-5)11-7(9)12-13(15)16/h5H,3H2,1-2H3,(H2,9,12)(H,15,16)/q+1/b11-8+. The van der Waals surface area contributed by atoms with Crippen LogP contribution >= 0.6 is 11.8 Å². The van der Waals surface area contributed by atoms with Gasteiger partial charge in [0.15, 0.2) is 5.17 Å². The van der Waals surface area contributed by atoms with E-state index in [2.05, 4.69) is 15.1 Å². The molecule has 3 N–H and O–H groups in total. The van der Waals surface area contributed by atoms with Gasteiger partial charge in [-0.05, 0) is 13.8 Å². The molecule has 0 aromatic heterocycles. The van der Waals surface area contributed by atoms with Crippen molar-refractivity contribution < 1.29 is 19.8 Å². The second-order valence-electron chi connectivity index (χ2n) is 3.11. The lowest BCUT2D eigenvalue weighted by molar-refractivity contribution is -0.796. The van der Waals surface area contributed by atoms with Crippen LogP contribution in [0.15, 0.2) is 15.1 Å². The fraction of sp³-hybridized carbons (Fsp3) is 0.500. The van der Waals surface area contributed by atoms with Gasteiger partial charge < -0.3 is 10.5 Å². The second kappa shape index (κ2) is 6.10. The maximum Gasteiger partial charge on any atom is 0.391 e. The zero-order chi connectivity index (χ0) is 13.7. The SMILES string of the molecule is CCOC(=O)C1S/C(=N/C(N)=N/[N+](=O)O)N=C1C. The molecule has 0 spiro atoms. The van der Waals surface area contributed by atoms with E-state index in [0.717, 1.165) is 11.8 Å². The van der Waals surface area contributed by atoms with Crippen molar-refractivity contribution >= 4 is 34.6 Å². The maximum absolute atomic E-state index is 11.5. The molecule has 0 saturated carbocycles. The summed E-state index contributed by atoms with van der Waals surface area (Å²) in [6.07, 6.45) is 0. The van der Waals surface area contributed by atoms with Crippen LogP contribution in [0.5, 0.6) is 0 Å². The molecular formula is C8H12N5O4S+. The van der Waals surface area contributed by atoms with Crippen LogP contribution in [0, 0.1) is 4.91 Å². The van der Waals surface area contributed by atoms with Crippen LogP contribution in [-0.4, -0.2) is 44.9 Å². The zero-order valence-corrected chi connectivity index (χ0v) is 10.5. The number of thioether (sulfide) groups is 1. The highest BCUT2D eigenvalue weighted by molar-refractivity contribution is 8.16. The van der Waals surface area contributed by atoms with Crippen LogP contribution in [0.4, 0.5) is 0 Å². The predicted molar refractivity (Wildman–Crippen MR) is 65.6 cm³/mol. The summed E-state index contributed by atoms with van der Waals surface area (Å²) in [5.74, 6) is -0.881. The van der Waals surface area contributed by atoms with Crippen LogP contribution in [0.1, 0.15) is 13.8 Å². The lowest BCUT2D eigenvalue weighted by Crippen LogP contribution is -2.24. The van der Waals surface area contributed by atoms with Crippen molar-refractivity contribution in [2.45, 2.75) is 19.1 Å². The molecule has 0 fully saturated rings. The van der Waals surface area contributed by atoms with Gasteiger partial charge in [0.25, 0.3) is 5.96 Å². The number of guanidine groups is 1. The Morgan fingerprint density at radius 3 is 2.94 bits per heavy atom. The van der Waals surface area contributed by atoms with Crippen LogP contribution in [0.25, 0.3) is 0 Å². The molecule has 0 aromatic rings. The topological polar surface area (TPSA) is 130 Å². The van der Waals surface area contributed by atoms with Gasteiger partial charge in [0, 0.05) is 5.71 Å². The average molecular weight is 274 g/mol. The number of esters is 1. The number of hydrogen-bond donors (Lipinski definition) is 2. The van der Waals surface area contributed by atoms with Crippen molar-refractivity contribution in [1.29, 1.82) is 0 Å². The smallest absolute Gasteiger partial charge is 0.391 e. The van der Waals surface area contributed by atoms with Gasteiger partial charge in [0.2, 0.25) is 0 Å². The molecule has 10 heteroatoms. The summed E-state index contributed by atoms with van der Waals surface area (Å²) in [6.45, 7) is 3.62. The van der Waals surface area contributed by atoms with Gasteiger partial charge in [-0.3, -0.25) is 4.79 Å². The first-order valence-corrected chi connectivity index (χ1v) is 5.79. The minimum Gasteiger partial charge on any atom is -0.465 e. The fourth-order valence-electron chi connectivity index (χ4n) is 1.12. The third-order valence-corrected chi connectivity index (χ3v) is 2.94. The molecule has 1 heterocycles. The third kappa shape index (κ3) is 3.80. The van der Waals surface area contributed by atoms with Crippen molar-refractivity contribution in [3.63, 3.8) is 0 Å². The number of carbonyl (C=O) groups is 1. The first-order valence-electron chi connectivity index (χ1n) is 4.91. The second-order valence-corrected chi connectivity index (χ2v) is 4.18. The van der Waals surface area contributed by atoms with Gasteiger partial charge in [-0.25, -0.2) is 10.2 Å². The first-order chi connectivity index (χ1) is 8.43. The summed E-state index contributed by atoms with van der Waals surface area (Å²) in [6, 6.07) is 0. The molecular weight excluding hydrogens is 262 g/mol. The van der Waals surface area contributed by atoms with E-state index in [1.165, 1.54) is 0 Å². The Morgan fingerprint density at radius 1 is 1.72 bits per heavy atom. The number of ether oxygens (including phenoxy) is 1. The van der Waals surface area contributed by atoms with Crippen molar-refractivity contribution in [3.8, 4) is 0 Å². The van der Waals surface area contributed by atoms with Gasteiger partial charge in [0.1, 0.15) is 15.3 Å². The molecule has 1 unspecified atom stereocenters. The number of rotatable bonds is 3. The molecule has 0 bridgehead atoms. The minimum atomic E-state index is -0.710. The van der Waals surface area contributed by atoms with E-state index < -0.39 is 22.2 Å². The van der Waals surface area contributed by atoms with E-state index in [1.807, 2.05) is 0 Å². The lowest BCUT2D eigenvalue weighted by Gasteiger charge is -2.06. The van der Waals surface area contributed by atoms with E-state index in [-0.39, 0.29) is 11.8 Å². The Balaban J connectivity index is 2.78. The Labute approximate surface area is 106 Å². The number of carbonyl (C=O) groups excluding carboxylic acids is 1. The molecule has 0 amide bonds. The first kappa shape index (κ1) is 14.1. The highest BCUT2D eigenvalue weighted by atomic mass is 32.2. The summed E-state index contributed by atoms with van der Waals surface area (Å²) in [5.41, 5.74) is 5.76. The molecule has 0 radical (unpaired) electrons. The molecule has 0 aromatic carbocycles. The Kier molecular flexibility index (Phi) is 4.77. The fourth-order valence-corrected chi connectivity index (χ4v) is 2.06. The van der Waals surface area contributed by atoms with E-state index >= 15 is 0 Å². The number of hydrazone groups is 1. The molecule has 9 nitrogen and oxygen atoms in total. The number of nitrogens with two attached hydrogens (primary N) is 1. The Hall–Kier alpha value is -1.97. The van der Waals surface area contributed by atoms with Gasteiger partial charge in [-0.1, -0.05) is 11.8 Å². The van der Waals surface area contributed by atoms with E-state index in [4.69, 9.17) is 15.7 Å². The van der Waals surface area contributed by atoms with Gasteiger partial charge in [-0.2, -0.15) is 4.99 Å². The highest BCUT2D eigenvalue weighted by Gasteiger charge is 2.31. The van der Waals surface area contributed by atoms with Crippen molar-refractivity contribution in [1.82, 2.24) is 0 Å². The maximum atomic E-state index is 11.5. The number of nitrogens with zero attached hydrogens (tertiary/aromatic N) is 4.